The number of Topliss-reactive ketones (excluding diaryl/α,β-unsaturated/α-hetero) is 2. The van der Waals surface area contributed by atoms with Crippen LogP contribution in [0.1, 0.15) is 84.2 Å². The van der Waals surface area contributed by atoms with Crippen LogP contribution in [0.3, 0.4) is 0 Å². The SMILES string of the molecule is CC[C@@H](c1ccc(C(C)=O)c(O)c1)[C@@H](CC)c1ccc(C(C)=O)c(O)c1. The third kappa shape index (κ3) is 3.96. The van der Waals surface area contributed by atoms with Crippen molar-refractivity contribution >= 4 is 11.6 Å². The van der Waals surface area contributed by atoms with E-state index in [4.69, 9.17) is 0 Å². The first-order chi connectivity index (χ1) is 12.3. The minimum atomic E-state index is -0.168. The smallest absolute Gasteiger partial charge is 0.163 e. The third-order valence-electron chi connectivity index (χ3n) is 5.02. The summed E-state index contributed by atoms with van der Waals surface area (Å²) in [6.45, 7) is 7.01. The lowest BCUT2D eigenvalue weighted by Crippen LogP contribution is -2.11. The molecule has 0 aliphatic heterocycles. The lowest BCUT2D eigenvalue weighted by Gasteiger charge is -2.27. The van der Waals surface area contributed by atoms with E-state index in [0.717, 1.165) is 24.0 Å². The Kier molecular flexibility index (Phi) is 6.19. The Labute approximate surface area is 154 Å². The molecule has 0 amide bonds. The van der Waals surface area contributed by atoms with Crippen molar-refractivity contribution in [1.82, 2.24) is 0 Å². The quantitative estimate of drug-likeness (QED) is 0.671. The number of rotatable bonds is 7. The summed E-state index contributed by atoms with van der Waals surface area (Å²) in [4.78, 5) is 23.1. The third-order valence-corrected chi connectivity index (χ3v) is 5.02. The fourth-order valence-electron chi connectivity index (χ4n) is 3.66. The maximum absolute atomic E-state index is 11.5. The van der Waals surface area contributed by atoms with Gasteiger partial charge in [-0.1, -0.05) is 26.0 Å². The number of hydrogen-bond donors (Lipinski definition) is 2. The van der Waals surface area contributed by atoms with Gasteiger partial charge in [0.15, 0.2) is 11.6 Å². The van der Waals surface area contributed by atoms with Crippen LogP contribution in [0.5, 0.6) is 11.5 Å². The van der Waals surface area contributed by atoms with Gasteiger partial charge in [-0.15, -0.1) is 0 Å². The fourth-order valence-corrected chi connectivity index (χ4v) is 3.66. The Morgan fingerprint density at radius 3 is 1.35 bits per heavy atom. The highest BCUT2D eigenvalue weighted by atomic mass is 16.3. The number of phenolic OH excluding ortho intramolecular Hbond substituents is 2. The van der Waals surface area contributed by atoms with Gasteiger partial charge in [0.25, 0.3) is 0 Å². The van der Waals surface area contributed by atoms with Crippen molar-refractivity contribution in [3.05, 3.63) is 58.7 Å². The topological polar surface area (TPSA) is 74.6 Å². The normalized spacial score (nSPS) is 13.2. The molecule has 4 heteroatoms. The molecule has 0 aliphatic rings. The molecule has 0 bridgehead atoms. The van der Waals surface area contributed by atoms with Gasteiger partial charge < -0.3 is 10.2 Å². The van der Waals surface area contributed by atoms with E-state index in [2.05, 4.69) is 13.8 Å². The minimum Gasteiger partial charge on any atom is -0.507 e. The van der Waals surface area contributed by atoms with Crippen molar-refractivity contribution < 1.29 is 19.8 Å². The van der Waals surface area contributed by atoms with Gasteiger partial charge in [0.05, 0.1) is 11.1 Å². The number of benzene rings is 2. The van der Waals surface area contributed by atoms with Gasteiger partial charge in [0.1, 0.15) is 11.5 Å². The van der Waals surface area contributed by atoms with Crippen LogP contribution in [-0.2, 0) is 0 Å². The average molecular weight is 354 g/mol. The first-order valence-corrected chi connectivity index (χ1v) is 8.97. The molecule has 0 aliphatic carbocycles. The Hall–Kier alpha value is -2.62. The standard InChI is InChI=1S/C22H26O4/c1-5-17(15-7-9-19(13(3)23)21(25)11-15)18(6-2)16-8-10-20(14(4)24)22(26)12-16/h7-12,17-18,25-26H,5-6H2,1-4H3/t17-,18-/m0/s1. The zero-order valence-electron chi connectivity index (χ0n) is 15.7. The van der Waals surface area contributed by atoms with Gasteiger partial charge in [-0.05, 0) is 73.9 Å². The van der Waals surface area contributed by atoms with Crippen LogP contribution in [0.4, 0.5) is 0 Å². The number of aromatic hydroxyl groups is 2. The first-order valence-electron chi connectivity index (χ1n) is 8.97. The van der Waals surface area contributed by atoms with Crippen LogP contribution < -0.4 is 0 Å². The largest absolute Gasteiger partial charge is 0.507 e. The molecule has 138 valence electrons. The zero-order chi connectivity index (χ0) is 19.4. The summed E-state index contributed by atoms with van der Waals surface area (Å²) in [5.74, 6) is -0.0992. The highest BCUT2D eigenvalue weighted by Crippen LogP contribution is 2.40. The van der Waals surface area contributed by atoms with Crippen molar-refractivity contribution in [1.29, 1.82) is 0 Å². The molecule has 2 aromatic carbocycles. The Bertz CT molecular complexity index is 753. The molecule has 26 heavy (non-hydrogen) atoms. The summed E-state index contributed by atoms with van der Waals surface area (Å²) in [6.07, 6.45) is 1.68. The summed E-state index contributed by atoms with van der Waals surface area (Å²) < 4.78 is 0. The summed E-state index contributed by atoms with van der Waals surface area (Å²) in [7, 11) is 0. The minimum absolute atomic E-state index is 0.00178. The maximum Gasteiger partial charge on any atom is 0.163 e. The molecule has 2 aromatic rings. The van der Waals surface area contributed by atoms with Crippen LogP contribution in [0, 0.1) is 0 Å². The molecule has 2 N–H and O–H groups in total. The predicted octanol–water partition coefficient (Wildman–Crippen LogP) is 5.19. The average Bonchev–Trinajstić information content (AvgIpc) is 2.58. The van der Waals surface area contributed by atoms with Crippen molar-refractivity contribution in [3.8, 4) is 11.5 Å². The summed E-state index contributed by atoms with van der Waals surface area (Å²) in [5, 5.41) is 20.3. The van der Waals surface area contributed by atoms with Gasteiger partial charge in [-0.25, -0.2) is 0 Å². The van der Waals surface area contributed by atoms with Crippen LogP contribution in [0.2, 0.25) is 0 Å². The second-order valence-electron chi connectivity index (χ2n) is 6.70. The second-order valence-corrected chi connectivity index (χ2v) is 6.70. The number of carbonyl (C=O) groups excluding carboxylic acids is 2. The van der Waals surface area contributed by atoms with E-state index < -0.39 is 0 Å². The predicted molar refractivity (Wildman–Crippen MR) is 102 cm³/mol. The Balaban J connectivity index is 2.43. The summed E-state index contributed by atoms with van der Waals surface area (Å²) >= 11 is 0. The molecule has 0 saturated heterocycles. The van der Waals surface area contributed by atoms with Gasteiger partial charge in [-0.3, -0.25) is 9.59 Å². The molecular weight excluding hydrogens is 328 g/mol. The van der Waals surface area contributed by atoms with Gasteiger partial charge >= 0.3 is 0 Å². The number of hydrogen-bond acceptors (Lipinski definition) is 4. The van der Waals surface area contributed by atoms with Crippen LogP contribution in [-0.4, -0.2) is 21.8 Å². The monoisotopic (exact) mass is 354 g/mol. The number of carbonyl (C=O) groups is 2. The first kappa shape index (κ1) is 19.7. The van der Waals surface area contributed by atoms with E-state index in [1.807, 2.05) is 12.1 Å². The lowest BCUT2D eigenvalue weighted by molar-refractivity contribution is 0.100. The van der Waals surface area contributed by atoms with Gasteiger partial charge in [-0.2, -0.15) is 0 Å². The molecule has 0 fully saturated rings. The van der Waals surface area contributed by atoms with Crippen molar-refractivity contribution in [3.63, 3.8) is 0 Å². The van der Waals surface area contributed by atoms with E-state index >= 15 is 0 Å². The lowest BCUT2D eigenvalue weighted by atomic mass is 9.77. The van der Waals surface area contributed by atoms with E-state index in [1.54, 1.807) is 24.3 Å². The van der Waals surface area contributed by atoms with Crippen LogP contribution >= 0.6 is 0 Å². The highest BCUT2D eigenvalue weighted by Gasteiger charge is 2.24. The van der Waals surface area contributed by atoms with Crippen molar-refractivity contribution in [2.24, 2.45) is 0 Å². The van der Waals surface area contributed by atoms with Crippen molar-refractivity contribution in [2.75, 3.05) is 0 Å². The maximum atomic E-state index is 11.5. The molecule has 4 nitrogen and oxygen atoms in total. The Morgan fingerprint density at radius 2 is 1.12 bits per heavy atom. The van der Waals surface area contributed by atoms with Gasteiger partial charge in [0.2, 0.25) is 0 Å². The molecule has 0 aromatic heterocycles. The van der Waals surface area contributed by atoms with E-state index in [1.165, 1.54) is 13.8 Å². The van der Waals surface area contributed by atoms with Crippen molar-refractivity contribution in [2.45, 2.75) is 52.4 Å². The fraction of sp³-hybridized carbons (Fsp3) is 0.364. The van der Waals surface area contributed by atoms with E-state index in [-0.39, 0.29) is 34.9 Å². The van der Waals surface area contributed by atoms with E-state index in [9.17, 15) is 19.8 Å². The summed E-state index contributed by atoms with van der Waals surface area (Å²) in [6, 6.07) is 10.4. The van der Waals surface area contributed by atoms with E-state index in [0.29, 0.717) is 11.1 Å². The van der Waals surface area contributed by atoms with Crippen LogP contribution in [0.15, 0.2) is 36.4 Å². The summed E-state index contributed by atoms with van der Waals surface area (Å²) in [5.41, 5.74) is 2.55. The van der Waals surface area contributed by atoms with Crippen LogP contribution in [0.25, 0.3) is 0 Å². The van der Waals surface area contributed by atoms with Gasteiger partial charge in [0, 0.05) is 0 Å². The highest BCUT2D eigenvalue weighted by molar-refractivity contribution is 5.97. The Morgan fingerprint density at radius 1 is 0.769 bits per heavy atom. The molecular formula is C22H26O4. The zero-order valence-corrected chi connectivity index (χ0v) is 15.7. The molecule has 0 spiro atoms. The molecule has 0 unspecified atom stereocenters. The second kappa shape index (κ2) is 8.17. The molecule has 2 atom stereocenters. The number of ketones is 2. The molecule has 0 heterocycles. The number of phenols is 2. The molecule has 0 saturated carbocycles. The molecule has 0 radical (unpaired) electrons. The molecule has 2 rings (SSSR count).